The quantitative estimate of drug-likeness (QED) is 0.454. The van der Waals surface area contributed by atoms with Gasteiger partial charge in [-0.25, -0.2) is 0 Å². The Balaban J connectivity index is 1.71. The number of carbonyl (C=O) groups is 2. The summed E-state index contributed by atoms with van der Waals surface area (Å²) in [5.41, 5.74) is 3.00. The maximum atomic E-state index is 13.2. The fourth-order valence-electron chi connectivity index (χ4n) is 3.34. The Kier molecular flexibility index (Phi) is 8.93. The lowest BCUT2D eigenvalue weighted by molar-refractivity contribution is -0.142. The molecule has 0 aromatic heterocycles. The highest BCUT2D eigenvalue weighted by atomic mass is 35.5. The molecule has 0 fully saturated rings. The minimum atomic E-state index is -0.713. The van der Waals surface area contributed by atoms with Crippen LogP contribution in [0.5, 0.6) is 11.5 Å². The van der Waals surface area contributed by atoms with Crippen LogP contribution in [0.15, 0.2) is 72.8 Å². The van der Waals surface area contributed by atoms with E-state index in [9.17, 15) is 9.59 Å². The van der Waals surface area contributed by atoms with Crippen molar-refractivity contribution in [2.45, 2.75) is 33.0 Å². The summed E-state index contributed by atoms with van der Waals surface area (Å²) in [6.07, 6.45) is 0. The lowest BCUT2D eigenvalue weighted by Crippen LogP contribution is -2.48. The average Bonchev–Trinajstić information content (AvgIpc) is 2.86. The number of benzene rings is 3. The third-order valence-electron chi connectivity index (χ3n) is 5.45. The van der Waals surface area contributed by atoms with Gasteiger partial charge in [0.15, 0.2) is 6.61 Å². The topological polar surface area (TPSA) is 67.9 Å². The number of hydrogen-bond acceptors (Lipinski definition) is 4. The first-order chi connectivity index (χ1) is 16.4. The van der Waals surface area contributed by atoms with Gasteiger partial charge in [-0.3, -0.25) is 9.59 Å². The summed E-state index contributed by atoms with van der Waals surface area (Å²) in [5, 5.41) is 3.34. The molecule has 1 N–H and O–H groups in total. The van der Waals surface area contributed by atoms with Gasteiger partial charge in [0.05, 0.1) is 12.1 Å². The molecule has 3 aromatic rings. The summed E-state index contributed by atoms with van der Waals surface area (Å²) >= 11 is 6.14. The molecule has 7 heteroatoms. The lowest BCUT2D eigenvalue weighted by Gasteiger charge is -2.29. The van der Waals surface area contributed by atoms with Crippen molar-refractivity contribution in [2.24, 2.45) is 0 Å². The molecule has 6 nitrogen and oxygen atoms in total. The molecule has 1 atom stereocenters. The van der Waals surface area contributed by atoms with Crippen molar-refractivity contribution >= 4 is 23.4 Å². The number of amides is 2. The molecule has 3 aromatic carbocycles. The molecule has 0 saturated heterocycles. The Hall–Kier alpha value is -3.51. The van der Waals surface area contributed by atoms with Gasteiger partial charge in [0.25, 0.3) is 5.91 Å². The molecule has 0 saturated carbocycles. The van der Waals surface area contributed by atoms with E-state index in [1.54, 1.807) is 38.3 Å². The number of hydrogen-bond donors (Lipinski definition) is 1. The minimum absolute atomic E-state index is 0.241. The van der Waals surface area contributed by atoms with Gasteiger partial charge in [-0.15, -0.1) is 0 Å². The van der Waals surface area contributed by atoms with Gasteiger partial charge < -0.3 is 19.7 Å². The van der Waals surface area contributed by atoms with Gasteiger partial charge in [0.1, 0.15) is 17.5 Å². The van der Waals surface area contributed by atoms with Gasteiger partial charge in [-0.2, -0.15) is 0 Å². The van der Waals surface area contributed by atoms with Gasteiger partial charge >= 0.3 is 0 Å². The molecule has 0 radical (unpaired) electrons. The monoisotopic (exact) mass is 480 g/mol. The molecule has 3 rings (SSSR count). The van der Waals surface area contributed by atoms with Crippen LogP contribution in [-0.4, -0.2) is 36.5 Å². The molecule has 0 aliphatic rings. The van der Waals surface area contributed by atoms with Crippen molar-refractivity contribution in [2.75, 3.05) is 13.7 Å². The number of rotatable bonds is 10. The number of para-hydroxylation sites is 1. The van der Waals surface area contributed by atoms with E-state index in [4.69, 9.17) is 21.1 Å². The number of carbonyl (C=O) groups excluding carboxylic acids is 2. The third kappa shape index (κ3) is 6.99. The van der Waals surface area contributed by atoms with Crippen molar-refractivity contribution in [3.63, 3.8) is 0 Å². The van der Waals surface area contributed by atoms with Crippen molar-refractivity contribution in [1.82, 2.24) is 10.2 Å². The molecular formula is C27H29ClN2O4. The highest BCUT2D eigenvalue weighted by Gasteiger charge is 2.26. The van der Waals surface area contributed by atoms with E-state index in [1.807, 2.05) is 55.5 Å². The Labute approximate surface area is 205 Å². The van der Waals surface area contributed by atoms with Gasteiger partial charge in [-0.05, 0) is 49.2 Å². The summed E-state index contributed by atoms with van der Waals surface area (Å²) in [6, 6.07) is 21.5. The number of methoxy groups -OCH3 is 1. The first-order valence-electron chi connectivity index (χ1n) is 11.0. The van der Waals surface area contributed by atoms with Crippen LogP contribution in [0.1, 0.15) is 23.6 Å². The molecule has 0 heterocycles. The maximum Gasteiger partial charge on any atom is 0.261 e. The zero-order valence-corrected chi connectivity index (χ0v) is 20.3. The van der Waals surface area contributed by atoms with Crippen LogP contribution in [0.3, 0.4) is 0 Å². The van der Waals surface area contributed by atoms with Gasteiger partial charge in [-0.1, -0.05) is 65.7 Å². The van der Waals surface area contributed by atoms with Crippen LogP contribution < -0.4 is 14.8 Å². The van der Waals surface area contributed by atoms with Crippen molar-refractivity contribution in [3.8, 4) is 11.5 Å². The predicted molar refractivity (Wildman–Crippen MR) is 133 cm³/mol. The number of nitrogens with zero attached hydrogens (tertiary/aromatic N) is 1. The fraction of sp³-hybridized carbons (Fsp3) is 0.259. The van der Waals surface area contributed by atoms with Crippen LogP contribution in [0.4, 0.5) is 0 Å². The second-order valence-electron chi connectivity index (χ2n) is 7.97. The molecule has 178 valence electrons. The minimum Gasteiger partial charge on any atom is -0.497 e. The highest BCUT2D eigenvalue weighted by Crippen LogP contribution is 2.23. The molecule has 2 amide bonds. The first kappa shape index (κ1) is 25.1. The summed E-state index contributed by atoms with van der Waals surface area (Å²) in [7, 11) is 1.59. The molecule has 0 spiro atoms. The van der Waals surface area contributed by atoms with E-state index in [1.165, 1.54) is 4.90 Å². The molecule has 34 heavy (non-hydrogen) atoms. The molecule has 0 aliphatic carbocycles. The number of aryl methyl sites for hydroxylation is 1. The second kappa shape index (κ2) is 12.1. The number of ether oxygens (including phenoxy) is 2. The van der Waals surface area contributed by atoms with Crippen LogP contribution in [0.25, 0.3) is 0 Å². The maximum absolute atomic E-state index is 13.2. The fourth-order valence-corrected chi connectivity index (χ4v) is 3.53. The van der Waals surface area contributed by atoms with Crippen LogP contribution >= 0.6 is 11.6 Å². The predicted octanol–water partition coefficient (Wildman–Crippen LogP) is 4.77. The van der Waals surface area contributed by atoms with Crippen LogP contribution in [-0.2, 0) is 22.7 Å². The van der Waals surface area contributed by atoms with E-state index in [2.05, 4.69) is 5.32 Å². The molecule has 0 aliphatic heterocycles. The van der Waals surface area contributed by atoms with Crippen LogP contribution in [0, 0.1) is 6.92 Å². The lowest BCUT2D eigenvalue weighted by atomic mass is 10.1. The summed E-state index contributed by atoms with van der Waals surface area (Å²) in [4.78, 5) is 27.6. The van der Waals surface area contributed by atoms with Crippen molar-refractivity contribution in [1.29, 1.82) is 0 Å². The Morgan fingerprint density at radius 1 is 0.971 bits per heavy atom. The molecular weight excluding hydrogens is 452 g/mol. The smallest absolute Gasteiger partial charge is 0.261 e. The van der Waals surface area contributed by atoms with Crippen molar-refractivity contribution in [3.05, 3.63) is 94.5 Å². The summed E-state index contributed by atoms with van der Waals surface area (Å²) in [6.45, 7) is 4.10. The summed E-state index contributed by atoms with van der Waals surface area (Å²) < 4.78 is 10.9. The Bertz CT molecular complexity index is 1100. The molecule has 0 unspecified atom stereocenters. The standard InChI is InChI=1S/C27H29ClN2O4/c1-19-8-10-21(11-9-19)16-29-27(32)20(2)30(17-22-12-14-23(33-3)15-13-22)26(31)18-34-25-7-5-4-6-24(25)28/h4-15,20H,16-18H2,1-3H3,(H,29,32)/t20-/m1/s1. The second-order valence-corrected chi connectivity index (χ2v) is 8.38. The first-order valence-corrected chi connectivity index (χ1v) is 11.4. The van der Waals surface area contributed by atoms with E-state index in [-0.39, 0.29) is 25.0 Å². The van der Waals surface area contributed by atoms with Gasteiger partial charge in [0.2, 0.25) is 5.91 Å². The van der Waals surface area contributed by atoms with E-state index >= 15 is 0 Å². The Morgan fingerprint density at radius 3 is 2.26 bits per heavy atom. The normalized spacial score (nSPS) is 11.4. The van der Waals surface area contributed by atoms with E-state index < -0.39 is 6.04 Å². The molecule has 0 bridgehead atoms. The van der Waals surface area contributed by atoms with Crippen molar-refractivity contribution < 1.29 is 19.1 Å². The zero-order valence-electron chi connectivity index (χ0n) is 19.6. The number of nitrogens with one attached hydrogen (secondary N) is 1. The summed E-state index contributed by atoms with van der Waals surface area (Å²) in [5.74, 6) is 0.555. The highest BCUT2D eigenvalue weighted by molar-refractivity contribution is 6.32. The van der Waals surface area contributed by atoms with Crippen LogP contribution in [0.2, 0.25) is 5.02 Å². The SMILES string of the molecule is COc1ccc(CN(C(=O)COc2ccccc2Cl)[C@H](C)C(=O)NCc2ccc(C)cc2)cc1. The third-order valence-corrected chi connectivity index (χ3v) is 5.77. The zero-order chi connectivity index (χ0) is 24.5. The van der Waals surface area contributed by atoms with Gasteiger partial charge in [0, 0.05) is 13.1 Å². The van der Waals surface area contributed by atoms with E-state index in [0.717, 1.165) is 16.7 Å². The average molecular weight is 481 g/mol. The number of halogens is 1. The largest absolute Gasteiger partial charge is 0.497 e. The van der Waals surface area contributed by atoms with E-state index in [0.29, 0.717) is 23.1 Å². The Morgan fingerprint density at radius 2 is 1.62 bits per heavy atom.